The number of nitrogens with one attached hydrogen (secondary N) is 1. The lowest BCUT2D eigenvalue weighted by atomic mass is 10.0. The molecule has 186 valence electrons. The maximum atomic E-state index is 13.2. The van der Waals surface area contributed by atoms with E-state index in [1.165, 1.54) is 24.1 Å². The number of carbonyl (C=O) groups excluding carboxylic acids is 3. The van der Waals surface area contributed by atoms with Crippen molar-refractivity contribution < 1.29 is 28.6 Å². The number of hydrogen-bond donors (Lipinski definition) is 1. The van der Waals surface area contributed by atoms with Gasteiger partial charge in [-0.25, -0.2) is 9.80 Å². The third kappa shape index (κ3) is 5.55. The lowest BCUT2D eigenvalue weighted by molar-refractivity contribution is -0.136. The fourth-order valence-electron chi connectivity index (χ4n) is 3.82. The second-order valence-corrected chi connectivity index (χ2v) is 8.88. The van der Waals surface area contributed by atoms with Crippen LogP contribution in [0.3, 0.4) is 0 Å². The van der Waals surface area contributed by atoms with E-state index in [0.29, 0.717) is 23.6 Å². The first-order chi connectivity index (χ1) is 17.4. The number of esters is 1. The summed E-state index contributed by atoms with van der Waals surface area (Å²) in [5, 5.41) is 10.5. The molecular formula is C26H25N3O6S. The van der Waals surface area contributed by atoms with E-state index < -0.39 is 24.5 Å². The first-order valence-corrected chi connectivity index (χ1v) is 12.0. The van der Waals surface area contributed by atoms with Crippen LogP contribution in [0.2, 0.25) is 0 Å². The minimum atomic E-state index is -0.651. The van der Waals surface area contributed by atoms with E-state index in [9.17, 15) is 14.4 Å². The van der Waals surface area contributed by atoms with Gasteiger partial charge in [-0.15, -0.1) is 11.3 Å². The molecule has 0 spiro atoms. The van der Waals surface area contributed by atoms with Gasteiger partial charge in [-0.1, -0.05) is 12.1 Å². The summed E-state index contributed by atoms with van der Waals surface area (Å²) in [5.41, 5.74) is 2.41. The van der Waals surface area contributed by atoms with E-state index in [1.807, 2.05) is 29.6 Å². The van der Waals surface area contributed by atoms with Crippen LogP contribution in [-0.2, 0) is 14.3 Å². The Bertz CT molecular complexity index is 1290. The Balaban J connectivity index is 1.51. The molecule has 3 aromatic rings. The van der Waals surface area contributed by atoms with Crippen LogP contribution in [0.1, 0.15) is 40.2 Å². The fraction of sp³-hybridized carbons (Fsp3) is 0.231. The molecule has 2 heterocycles. The zero-order valence-electron chi connectivity index (χ0n) is 20.0. The summed E-state index contributed by atoms with van der Waals surface area (Å²) >= 11 is 1.54. The minimum Gasteiger partial charge on any atom is -0.493 e. The van der Waals surface area contributed by atoms with Crippen molar-refractivity contribution in [2.75, 3.05) is 26.1 Å². The molecule has 0 aliphatic carbocycles. The van der Waals surface area contributed by atoms with Crippen LogP contribution >= 0.6 is 11.3 Å². The van der Waals surface area contributed by atoms with Crippen LogP contribution in [0, 0.1) is 0 Å². The summed E-state index contributed by atoms with van der Waals surface area (Å²) in [5.74, 6) is -0.198. The molecule has 1 aliphatic rings. The third-order valence-corrected chi connectivity index (χ3v) is 6.45. The van der Waals surface area contributed by atoms with Crippen molar-refractivity contribution in [3.8, 4) is 11.5 Å². The molecule has 2 amide bonds. The molecule has 0 radical (unpaired) electrons. The highest BCUT2D eigenvalue weighted by Gasteiger charge is 2.34. The molecule has 0 fully saturated rings. The van der Waals surface area contributed by atoms with Gasteiger partial charge in [0.15, 0.2) is 18.1 Å². The highest BCUT2D eigenvalue weighted by molar-refractivity contribution is 7.12. The molecule has 0 saturated heterocycles. The Morgan fingerprint density at radius 3 is 2.44 bits per heavy atom. The van der Waals surface area contributed by atoms with E-state index >= 15 is 0 Å². The van der Waals surface area contributed by atoms with E-state index in [1.54, 1.807) is 43.8 Å². The molecule has 1 atom stereocenters. The fourth-order valence-corrected chi connectivity index (χ4v) is 4.54. The second kappa shape index (κ2) is 11.0. The van der Waals surface area contributed by atoms with Crippen molar-refractivity contribution >= 4 is 40.5 Å². The maximum absolute atomic E-state index is 13.2. The number of hydrogen-bond acceptors (Lipinski definition) is 8. The number of nitrogens with zero attached hydrogens (tertiary/aromatic N) is 2. The number of thiophene rings is 1. The van der Waals surface area contributed by atoms with Gasteiger partial charge in [-0.2, -0.15) is 5.10 Å². The van der Waals surface area contributed by atoms with Crippen LogP contribution in [0.5, 0.6) is 11.5 Å². The summed E-state index contributed by atoms with van der Waals surface area (Å²) < 4.78 is 16.0. The van der Waals surface area contributed by atoms with Crippen molar-refractivity contribution in [3.63, 3.8) is 0 Å². The Hall–Kier alpha value is -4.18. The molecular weight excluding hydrogens is 482 g/mol. The topological polar surface area (TPSA) is 107 Å². The summed E-state index contributed by atoms with van der Waals surface area (Å²) in [7, 11) is 3.11. The highest BCUT2D eigenvalue weighted by Crippen LogP contribution is 2.37. The van der Waals surface area contributed by atoms with Gasteiger partial charge in [-0.3, -0.25) is 9.59 Å². The van der Waals surface area contributed by atoms with Gasteiger partial charge in [0.05, 0.1) is 36.4 Å². The number of hydrazone groups is 1. The van der Waals surface area contributed by atoms with Gasteiger partial charge in [-0.05, 0) is 53.4 Å². The quantitative estimate of drug-likeness (QED) is 0.457. The van der Waals surface area contributed by atoms with Crippen LogP contribution in [0.25, 0.3) is 0 Å². The Labute approximate surface area is 212 Å². The van der Waals surface area contributed by atoms with Crippen LogP contribution in [0.4, 0.5) is 5.69 Å². The first kappa shape index (κ1) is 24.9. The lowest BCUT2D eigenvalue weighted by Crippen LogP contribution is -2.31. The van der Waals surface area contributed by atoms with E-state index in [0.717, 1.165) is 16.2 Å². The Morgan fingerprint density at radius 1 is 1.06 bits per heavy atom. The monoisotopic (exact) mass is 507 g/mol. The number of rotatable bonds is 8. The predicted octanol–water partition coefficient (Wildman–Crippen LogP) is 4.26. The zero-order valence-corrected chi connectivity index (χ0v) is 20.8. The second-order valence-electron chi connectivity index (χ2n) is 7.93. The number of amides is 2. The average molecular weight is 508 g/mol. The summed E-state index contributed by atoms with van der Waals surface area (Å²) in [6.07, 6.45) is 0.500. The molecule has 0 bridgehead atoms. The zero-order chi connectivity index (χ0) is 25.7. The number of benzene rings is 2. The summed E-state index contributed by atoms with van der Waals surface area (Å²) in [6.45, 7) is 0.922. The van der Waals surface area contributed by atoms with Crippen LogP contribution < -0.4 is 14.8 Å². The van der Waals surface area contributed by atoms with Crippen molar-refractivity contribution in [2.24, 2.45) is 5.10 Å². The molecule has 4 rings (SSSR count). The van der Waals surface area contributed by atoms with E-state index in [2.05, 4.69) is 10.4 Å². The molecule has 10 heteroatoms. The molecule has 9 nitrogen and oxygen atoms in total. The van der Waals surface area contributed by atoms with Crippen molar-refractivity contribution in [2.45, 2.75) is 19.4 Å². The number of anilines is 1. The molecule has 2 aromatic carbocycles. The van der Waals surface area contributed by atoms with Crippen molar-refractivity contribution in [3.05, 3.63) is 76.0 Å². The standard InChI is InChI=1S/C26H25N3O6S/c1-16(30)27-19-9-6-17(7-10-19)26(32)35-15-25(31)29-21(14-20(28-29)24-5-4-12-36-24)18-8-11-22(33-2)23(13-18)34-3/h4-13,21H,14-15H2,1-3H3,(H,27,30)/t21-/m0/s1. The van der Waals surface area contributed by atoms with Gasteiger partial charge < -0.3 is 19.5 Å². The van der Waals surface area contributed by atoms with Gasteiger partial charge in [0.25, 0.3) is 5.91 Å². The maximum Gasteiger partial charge on any atom is 0.338 e. The third-order valence-electron chi connectivity index (χ3n) is 5.53. The molecule has 1 aromatic heterocycles. The Morgan fingerprint density at radius 2 is 1.81 bits per heavy atom. The van der Waals surface area contributed by atoms with Gasteiger partial charge >= 0.3 is 5.97 Å². The van der Waals surface area contributed by atoms with Crippen molar-refractivity contribution in [1.82, 2.24) is 5.01 Å². The Kier molecular flexibility index (Phi) is 7.65. The average Bonchev–Trinajstić information content (AvgIpc) is 3.57. The summed E-state index contributed by atoms with van der Waals surface area (Å²) in [6, 6.07) is 15.2. The first-order valence-electron chi connectivity index (χ1n) is 11.1. The largest absolute Gasteiger partial charge is 0.493 e. The predicted molar refractivity (Wildman–Crippen MR) is 136 cm³/mol. The lowest BCUT2D eigenvalue weighted by Gasteiger charge is -2.22. The SMILES string of the molecule is COc1ccc([C@@H]2CC(c3cccs3)=NN2C(=O)COC(=O)c2ccc(NC(C)=O)cc2)cc1OC. The molecule has 1 aliphatic heterocycles. The van der Waals surface area contributed by atoms with Crippen LogP contribution in [-0.4, -0.2) is 49.3 Å². The number of methoxy groups -OCH3 is 2. The molecule has 36 heavy (non-hydrogen) atoms. The van der Waals surface area contributed by atoms with Crippen LogP contribution in [0.15, 0.2) is 65.1 Å². The van der Waals surface area contributed by atoms with E-state index in [4.69, 9.17) is 14.2 Å². The molecule has 1 N–H and O–H groups in total. The smallest absolute Gasteiger partial charge is 0.338 e. The van der Waals surface area contributed by atoms with E-state index in [-0.39, 0.29) is 11.5 Å². The molecule has 0 saturated carbocycles. The molecule has 0 unspecified atom stereocenters. The van der Waals surface area contributed by atoms with Gasteiger partial charge in [0.2, 0.25) is 5.91 Å². The van der Waals surface area contributed by atoms with Gasteiger partial charge in [0, 0.05) is 19.0 Å². The highest BCUT2D eigenvalue weighted by atomic mass is 32.1. The summed E-state index contributed by atoms with van der Waals surface area (Å²) in [4.78, 5) is 37.8. The van der Waals surface area contributed by atoms with Crippen molar-refractivity contribution in [1.29, 1.82) is 0 Å². The van der Waals surface area contributed by atoms with Gasteiger partial charge in [0.1, 0.15) is 0 Å². The number of carbonyl (C=O) groups is 3. The minimum absolute atomic E-state index is 0.215. The number of ether oxygens (including phenoxy) is 3. The normalized spacial score (nSPS) is 14.7.